The van der Waals surface area contributed by atoms with Crippen molar-refractivity contribution < 1.29 is 27.1 Å². The molecule has 1 N–H and O–H groups in total. The van der Waals surface area contributed by atoms with Gasteiger partial charge in [-0.05, 0) is 31.4 Å². The summed E-state index contributed by atoms with van der Waals surface area (Å²) in [5.74, 6) is -2.11. The fraction of sp³-hybridized carbons (Fsp3) is 0.538. The van der Waals surface area contributed by atoms with Crippen LogP contribution in [-0.4, -0.2) is 16.9 Å². The Morgan fingerprint density at radius 2 is 1.74 bits per heavy atom. The molecule has 0 saturated heterocycles. The van der Waals surface area contributed by atoms with E-state index >= 15 is 0 Å². The lowest BCUT2D eigenvalue weighted by Gasteiger charge is -2.24. The molecule has 108 valence electrons. The molecule has 0 saturated carbocycles. The van der Waals surface area contributed by atoms with Crippen LogP contribution in [0.5, 0.6) is 0 Å². The van der Waals surface area contributed by atoms with E-state index in [9.17, 15) is 27.1 Å². The van der Waals surface area contributed by atoms with Gasteiger partial charge in [0.2, 0.25) is 0 Å². The molecule has 0 bridgehead atoms. The van der Waals surface area contributed by atoms with Crippen molar-refractivity contribution in [2.45, 2.75) is 44.4 Å². The second-order valence-electron chi connectivity index (χ2n) is 4.86. The molecule has 0 aromatic heterocycles. The molecule has 6 heteroatoms. The number of hydrogen-bond acceptors (Lipinski definition) is 1. The third-order valence-corrected chi connectivity index (χ3v) is 2.78. The molecule has 0 heterocycles. The van der Waals surface area contributed by atoms with Crippen molar-refractivity contribution in [1.82, 2.24) is 0 Å². The molecule has 1 nitrogen and oxygen atoms in total. The zero-order chi connectivity index (χ0) is 14.7. The Labute approximate surface area is 108 Å². The first-order chi connectivity index (χ1) is 8.61. The van der Waals surface area contributed by atoms with Crippen LogP contribution in [-0.2, 0) is 6.42 Å². The van der Waals surface area contributed by atoms with Gasteiger partial charge in [-0.25, -0.2) is 8.78 Å². The minimum absolute atomic E-state index is 0.0444. The van der Waals surface area contributed by atoms with E-state index in [4.69, 9.17) is 0 Å². The van der Waals surface area contributed by atoms with Crippen molar-refractivity contribution in [1.29, 1.82) is 0 Å². The molecule has 0 fully saturated rings. The van der Waals surface area contributed by atoms with Crippen LogP contribution >= 0.6 is 0 Å². The van der Waals surface area contributed by atoms with Gasteiger partial charge in [-0.1, -0.05) is 12.1 Å². The minimum Gasteiger partial charge on any atom is -0.390 e. The third-order valence-electron chi connectivity index (χ3n) is 2.78. The number of rotatable bonds is 5. The summed E-state index contributed by atoms with van der Waals surface area (Å²) in [5, 5.41) is 9.92. The topological polar surface area (TPSA) is 20.2 Å². The van der Waals surface area contributed by atoms with Crippen molar-refractivity contribution in [3.8, 4) is 0 Å². The van der Waals surface area contributed by atoms with Gasteiger partial charge < -0.3 is 5.11 Å². The predicted octanol–water partition coefficient (Wildman–Crippen LogP) is 3.99. The van der Waals surface area contributed by atoms with Crippen LogP contribution in [0.15, 0.2) is 18.2 Å². The van der Waals surface area contributed by atoms with E-state index in [1.165, 1.54) is 19.1 Å². The highest BCUT2D eigenvalue weighted by atomic mass is 19.4. The number of alkyl halides is 3. The van der Waals surface area contributed by atoms with Crippen molar-refractivity contribution in [2.75, 3.05) is 0 Å². The third kappa shape index (κ3) is 5.55. The molecule has 1 rings (SSSR count). The molecular weight excluding hydrogens is 267 g/mol. The van der Waals surface area contributed by atoms with Gasteiger partial charge >= 0.3 is 6.18 Å². The maximum Gasteiger partial charge on any atom is 0.389 e. The molecule has 1 atom stereocenters. The Morgan fingerprint density at radius 1 is 1.11 bits per heavy atom. The molecule has 0 aliphatic rings. The number of hydrogen-bond donors (Lipinski definition) is 1. The summed E-state index contributed by atoms with van der Waals surface area (Å²) in [6.45, 7) is 1.31. The summed E-state index contributed by atoms with van der Waals surface area (Å²) < 4.78 is 62.3. The van der Waals surface area contributed by atoms with Crippen LogP contribution in [0.25, 0.3) is 0 Å². The van der Waals surface area contributed by atoms with Crippen LogP contribution in [0.3, 0.4) is 0 Å². The number of aliphatic hydroxyl groups is 1. The maximum atomic E-state index is 13.4. The number of benzene rings is 1. The van der Waals surface area contributed by atoms with E-state index < -0.39 is 29.8 Å². The largest absolute Gasteiger partial charge is 0.390 e. The van der Waals surface area contributed by atoms with E-state index in [0.717, 1.165) is 6.07 Å². The molecule has 0 aliphatic carbocycles. The summed E-state index contributed by atoms with van der Waals surface area (Å²) in [6, 6.07) is 3.54. The second kappa shape index (κ2) is 5.86. The first kappa shape index (κ1) is 15.9. The Balaban J connectivity index is 2.61. The average Bonchev–Trinajstić information content (AvgIpc) is 2.22. The van der Waals surface area contributed by atoms with Crippen LogP contribution in [0.2, 0.25) is 0 Å². The van der Waals surface area contributed by atoms with Gasteiger partial charge in [-0.3, -0.25) is 0 Å². The van der Waals surface area contributed by atoms with Crippen molar-refractivity contribution >= 4 is 0 Å². The van der Waals surface area contributed by atoms with Crippen LogP contribution in [0.4, 0.5) is 22.0 Å². The van der Waals surface area contributed by atoms with E-state index in [0.29, 0.717) is 0 Å². The lowest BCUT2D eigenvalue weighted by Crippen LogP contribution is -2.28. The molecule has 0 spiro atoms. The van der Waals surface area contributed by atoms with Gasteiger partial charge in [0.25, 0.3) is 0 Å². The molecule has 0 aliphatic heterocycles. The summed E-state index contributed by atoms with van der Waals surface area (Å²) in [6.07, 6.45) is -5.90. The first-order valence-electron chi connectivity index (χ1n) is 5.83. The zero-order valence-electron chi connectivity index (χ0n) is 10.4. The average molecular weight is 282 g/mol. The monoisotopic (exact) mass is 282 g/mol. The van der Waals surface area contributed by atoms with Gasteiger partial charge in [0.05, 0.1) is 5.60 Å². The molecule has 1 unspecified atom stereocenters. The molecule has 0 radical (unpaired) electrons. The minimum atomic E-state index is -4.28. The van der Waals surface area contributed by atoms with Crippen LogP contribution < -0.4 is 0 Å². The lowest BCUT2D eigenvalue weighted by molar-refractivity contribution is -0.137. The fourth-order valence-corrected chi connectivity index (χ4v) is 1.85. The smallest absolute Gasteiger partial charge is 0.389 e. The highest BCUT2D eigenvalue weighted by molar-refractivity contribution is 5.20. The molecule has 1 aromatic rings. The van der Waals surface area contributed by atoms with Crippen LogP contribution in [0.1, 0.15) is 31.7 Å². The zero-order valence-corrected chi connectivity index (χ0v) is 10.4. The Hall–Kier alpha value is -1.17. The van der Waals surface area contributed by atoms with E-state index in [-0.39, 0.29) is 24.8 Å². The normalized spacial score (nSPS) is 15.3. The summed E-state index contributed by atoms with van der Waals surface area (Å²) in [7, 11) is 0. The Morgan fingerprint density at radius 3 is 2.32 bits per heavy atom. The van der Waals surface area contributed by atoms with Crippen molar-refractivity contribution in [3.05, 3.63) is 35.4 Å². The predicted molar refractivity (Wildman–Crippen MR) is 60.6 cm³/mol. The summed E-state index contributed by atoms with van der Waals surface area (Å²) in [4.78, 5) is 0. The van der Waals surface area contributed by atoms with Gasteiger partial charge in [-0.15, -0.1) is 0 Å². The fourth-order valence-electron chi connectivity index (χ4n) is 1.85. The SMILES string of the molecule is CC(O)(CCCC(F)(F)F)Cc1cccc(F)c1F. The van der Waals surface area contributed by atoms with E-state index in [1.807, 2.05) is 0 Å². The molecular formula is C13H15F5O. The second-order valence-corrected chi connectivity index (χ2v) is 4.86. The first-order valence-corrected chi connectivity index (χ1v) is 5.83. The quantitative estimate of drug-likeness (QED) is 0.810. The van der Waals surface area contributed by atoms with Crippen molar-refractivity contribution in [2.24, 2.45) is 0 Å². The van der Waals surface area contributed by atoms with E-state index in [1.54, 1.807) is 0 Å². The molecule has 0 amide bonds. The van der Waals surface area contributed by atoms with Gasteiger partial charge in [-0.2, -0.15) is 13.2 Å². The highest BCUT2D eigenvalue weighted by Gasteiger charge is 2.29. The lowest BCUT2D eigenvalue weighted by atomic mass is 9.91. The Kier molecular flexibility index (Phi) is 4.90. The maximum absolute atomic E-state index is 13.4. The standard InChI is InChI=1S/C13H15F5O/c1-12(19,6-3-7-13(16,17)18)8-9-4-2-5-10(14)11(9)15/h2,4-5,19H,3,6-8H2,1H3. The van der Waals surface area contributed by atoms with Gasteiger partial charge in [0.15, 0.2) is 11.6 Å². The van der Waals surface area contributed by atoms with E-state index in [2.05, 4.69) is 0 Å². The van der Waals surface area contributed by atoms with Crippen LogP contribution in [0, 0.1) is 11.6 Å². The van der Waals surface area contributed by atoms with Gasteiger partial charge in [0.1, 0.15) is 0 Å². The van der Waals surface area contributed by atoms with Crippen molar-refractivity contribution in [3.63, 3.8) is 0 Å². The highest BCUT2D eigenvalue weighted by Crippen LogP contribution is 2.27. The summed E-state index contributed by atoms with van der Waals surface area (Å²) >= 11 is 0. The summed E-state index contributed by atoms with van der Waals surface area (Å²) in [5.41, 5.74) is -1.54. The Bertz CT molecular complexity index is 426. The number of halogens is 5. The van der Waals surface area contributed by atoms with Gasteiger partial charge in [0, 0.05) is 12.8 Å². The molecule has 19 heavy (non-hydrogen) atoms. The molecule has 1 aromatic carbocycles.